The lowest BCUT2D eigenvalue weighted by molar-refractivity contribution is 0.161. The van der Waals surface area contributed by atoms with Crippen LogP contribution in [0.4, 0.5) is 0 Å². The first-order chi connectivity index (χ1) is 19.1. The van der Waals surface area contributed by atoms with Gasteiger partial charge in [0.1, 0.15) is 0 Å². The molecule has 3 heterocycles. The highest BCUT2D eigenvalue weighted by atomic mass is 16.5. The minimum atomic E-state index is -0.162. The van der Waals surface area contributed by atoms with Crippen LogP contribution in [0.3, 0.4) is 0 Å². The van der Waals surface area contributed by atoms with Gasteiger partial charge in [-0.15, -0.1) is 5.10 Å². The molecule has 2 aromatic carbocycles. The van der Waals surface area contributed by atoms with Gasteiger partial charge in [0.15, 0.2) is 17.3 Å². The van der Waals surface area contributed by atoms with E-state index in [1.807, 2.05) is 53.3 Å². The molecule has 10 nitrogen and oxygen atoms in total. The van der Waals surface area contributed by atoms with E-state index in [0.29, 0.717) is 42.2 Å². The Bertz CT molecular complexity index is 1590. The fourth-order valence-corrected chi connectivity index (χ4v) is 4.84. The smallest absolute Gasteiger partial charge is 0.252 e. The van der Waals surface area contributed by atoms with Gasteiger partial charge in [-0.1, -0.05) is 43.3 Å². The van der Waals surface area contributed by atoms with Gasteiger partial charge in [-0.2, -0.15) is 0 Å². The predicted molar refractivity (Wildman–Crippen MR) is 148 cm³/mol. The Labute approximate surface area is 226 Å². The molecule has 10 heteroatoms. The number of aromatic nitrogens is 6. The summed E-state index contributed by atoms with van der Waals surface area (Å²) in [6, 6.07) is 19.4. The zero-order valence-corrected chi connectivity index (χ0v) is 22.2. The molecule has 0 fully saturated rings. The number of nitrogens with zero attached hydrogens (tertiary/aromatic N) is 6. The summed E-state index contributed by atoms with van der Waals surface area (Å²) in [5, 5.41) is 13.6. The van der Waals surface area contributed by atoms with Crippen LogP contribution in [0.2, 0.25) is 0 Å². The molecule has 0 bridgehead atoms. The summed E-state index contributed by atoms with van der Waals surface area (Å²) in [4.78, 5) is 22.8. The molecule has 0 radical (unpaired) electrons. The van der Waals surface area contributed by atoms with Gasteiger partial charge in [0, 0.05) is 42.5 Å². The van der Waals surface area contributed by atoms with Crippen molar-refractivity contribution in [3.8, 4) is 11.5 Å². The molecule has 1 unspecified atom stereocenters. The molecular weight excluding hydrogens is 494 g/mol. The third-order valence-corrected chi connectivity index (χ3v) is 6.77. The fraction of sp³-hybridized carbons (Fsp3) is 0.276. The number of fused-ring (bicyclic) bond motifs is 1. The topological polar surface area (TPSA) is 111 Å². The number of methoxy groups -OCH3 is 2. The lowest BCUT2D eigenvalue weighted by Gasteiger charge is -2.30. The SMILES string of the molecule is CCC(c1nnnn1Cc1ccccc1)N(Cc1cccnc1)Cc1cc2cc(OC)c(OC)cc2[nH]c1=O. The summed E-state index contributed by atoms with van der Waals surface area (Å²) in [5.74, 6) is 1.90. The van der Waals surface area contributed by atoms with E-state index >= 15 is 0 Å². The third kappa shape index (κ3) is 5.80. The van der Waals surface area contributed by atoms with Gasteiger partial charge in [-0.25, -0.2) is 4.68 Å². The second-order valence-electron chi connectivity index (χ2n) is 9.29. The van der Waals surface area contributed by atoms with E-state index in [2.05, 4.69) is 49.4 Å². The quantitative estimate of drug-likeness (QED) is 0.274. The van der Waals surface area contributed by atoms with Crippen molar-refractivity contribution < 1.29 is 9.47 Å². The molecule has 0 saturated carbocycles. The van der Waals surface area contributed by atoms with E-state index in [1.54, 1.807) is 26.5 Å². The van der Waals surface area contributed by atoms with E-state index in [4.69, 9.17) is 9.47 Å². The first-order valence-corrected chi connectivity index (χ1v) is 12.8. The molecule has 0 saturated heterocycles. The van der Waals surface area contributed by atoms with Crippen molar-refractivity contribution in [1.82, 2.24) is 35.1 Å². The fourth-order valence-electron chi connectivity index (χ4n) is 4.84. The standard InChI is InChI=1S/C29H31N7O3/c1-4-25(28-32-33-34-36(28)18-20-9-6-5-7-10-20)35(17-21-11-8-12-30-16-21)19-23-13-22-14-26(38-2)27(39-3)15-24(22)31-29(23)37/h5-16,25H,4,17-19H2,1-3H3,(H,31,37). The van der Waals surface area contributed by atoms with Crippen molar-refractivity contribution in [2.75, 3.05) is 14.2 Å². The third-order valence-electron chi connectivity index (χ3n) is 6.77. The number of nitrogens with one attached hydrogen (secondary N) is 1. The highest BCUT2D eigenvalue weighted by Gasteiger charge is 2.26. The Kier molecular flexibility index (Phi) is 7.93. The number of pyridine rings is 2. The number of H-pyrrole nitrogens is 1. The molecule has 3 aromatic heterocycles. The predicted octanol–water partition coefficient (Wildman–Crippen LogP) is 4.13. The van der Waals surface area contributed by atoms with Gasteiger partial charge in [-0.3, -0.25) is 14.7 Å². The Morgan fingerprint density at radius 1 is 0.974 bits per heavy atom. The summed E-state index contributed by atoms with van der Waals surface area (Å²) in [6.07, 6.45) is 4.33. The van der Waals surface area contributed by atoms with Crippen LogP contribution in [0, 0.1) is 0 Å². The lowest BCUT2D eigenvalue weighted by Crippen LogP contribution is -2.32. The summed E-state index contributed by atoms with van der Waals surface area (Å²) in [7, 11) is 3.17. The van der Waals surface area contributed by atoms with Crippen LogP contribution in [0.15, 0.2) is 77.9 Å². The Hall–Kier alpha value is -4.57. The van der Waals surface area contributed by atoms with Crippen LogP contribution in [0.1, 0.15) is 41.9 Å². The molecule has 1 atom stereocenters. The number of aromatic amines is 1. The number of tetrazole rings is 1. The summed E-state index contributed by atoms with van der Waals surface area (Å²) < 4.78 is 12.7. The van der Waals surface area contributed by atoms with E-state index in [1.165, 1.54) is 0 Å². The van der Waals surface area contributed by atoms with Gasteiger partial charge < -0.3 is 14.5 Å². The first-order valence-electron chi connectivity index (χ1n) is 12.8. The zero-order valence-electron chi connectivity index (χ0n) is 22.2. The van der Waals surface area contributed by atoms with Crippen molar-refractivity contribution in [1.29, 1.82) is 0 Å². The normalized spacial score (nSPS) is 12.1. The maximum absolute atomic E-state index is 13.3. The van der Waals surface area contributed by atoms with Crippen LogP contribution in [0.25, 0.3) is 10.9 Å². The van der Waals surface area contributed by atoms with Crippen molar-refractivity contribution >= 4 is 10.9 Å². The van der Waals surface area contributed by atoms with Crippen molar-refractivity contribution in [3.63, 3.8) is 0 Å². The molecule has 0 aliphatic heterocycles. The van der Waals surface area contributed by atoms with Crippen molar-refractivity contribution in [2.45, 2.75) is 39.0 Å². The maximum Gasteiger partial charge on any atom is 0.252 e. The van der Waals surface area contributed by atoms with Gasteiger partial charge in [-0.05, 0) is 46.2 Å². The molecule has 0 spiro atoms. The van der Waals surface area contributed by atoms with E-state index in [9.17, 15) is 4.79 Å². The average Bonchev–Trinajstić information content (AvgIpc) is 3.41. The first kappa shape index (κ1) is 26.1. The van der Waals surface area contributed by atoms with Gasteiger partial charge in [0.05, 0.1) is 32.3 Å². The lowest BCUT2D eigenvalue weighted by atomic mass is 10.1. The van der Waals surface area contributed by atoms with E-state index < -0.39 is 0 Å². The minimum Gasteiger partial charge on any atom is -0.493 e. The molecule has 39 heavy (non-hydrogen) atoms. The van der Waals surface area contributed by atoms with Crippen molar-refractivity contribution in [2.24, 2.45) is 0 Å². The second-order valence-corrected chi connectivity index (χ2v) is 9.29. The Morgan fingerprint density at radius 2 is 1.74 bits per heavy atom. The number of rotatable bonds is 11. The van der Waals surface area contributed by atoms with E-state index in [0.717, 1.165) is 28.8 Å². The average molecular weight is 526 g/mol. The van der Waals surface area contributed by atoms with Gasteiger partial charge in [0.25, 0.3) is 5.56 Å². The molecule has 0 aliphatic carbocycles. The molecule has 0 aliphatic rings. The molecule has 5 aromatic rings. The molecule has 1 N–H and O–H groups in total. The van der Waals surface area contributed by atoms with Crippen molar-refractivity contribution in [3.05, 3.63) is 106 Å². The van der Waals surface area contributed by atoms with Gasteiger partial charge in [0.2, 0.25) is 0 Å². The molecule has 5 rings (SSSR count). The van der Waals surface area contributed by atoms with Crippen LogP contribution in [-0.4, -0.2) is 49.3 Å². The molecule has 0 amide bonds. The number of benzene rings is 2. The van der Waals surface area contributed by atoms with Crippen LogP contribution >= 0.6 is 0 Å². The number of hydrogen-bond acceptors (Lipinski definition) is 8. The minimum absolute atomic E-state index is 0.149. The monoisotopic (exact) mass is 525 g/mol. The highest BCUT2D eigenvalue weighted by molar-refractivity contribution is 5.83. The largest absolute Gasteiger partial charge is 0.493 e. The number of ether oxygens (including phenoxy) is 2. The Balaban J connectivity index is 1.53. The van der Waals surface area contributed by atoms with E-state index in [-0.39, 0.29) is 11.6 Å². The molecule has 200 valence electrons. The summed E-state index contributed by atoms with van der Waals surface area (Å²) >= 11 is 0. The highest BCUT2D eigenvalue weighted by Crippen LogP contribution is 2.32. The second kappa shape index (κ2) is 11.9. The van der Waals surface area contributed by atoms with Crippen LogP contribution in [0.5, 0.6) is 11.5 Å². The van der Waals surface area contributed by atoms with Crippen LogP contribution < -0.4 is 15.0 Å². The Morgan fingerprint density at radius 3 is 2.46 bits per heavy atom. The maximum atomic E-state index is 13.3. The number of hydrogen-bond donors (Lipinski definition) is 1. The zero-order chi connectivity index (χ0) is 27.2. The van der Waals surface area contributed by atoms with Crippen LogP contribution in [-0.2, 0) is 19.6 Å². The van der Waals surface area contributed by atoms with Gasteiger partial charge >= 0.3 is 0 Å². The summed E-state index contributed by atoms with van der Waals surface area (Å²) in [6.45, 7) is 3.60. The summed E-state index contributed by atoms with van der Waals surface area (Å²) in [5.41, 5.74) is 3.28. The molecular formula is C29H31N7O3.